The maximum absolute atomic E-state index is 13.3. The molecule has 1 fully saturated rings. The summed E-state index contributed by atoms with van der Waals surface area (Å²) in [5.41, 5.74) is 2.22. The van der Waals surface area contributed by atoms with Crippen LogP contribution in [0.15, 0.2) is 30.9 Å². The molecule has 35 heavy (non-hydrogen) atoms. The lowest BCUT2D eigenvalue weighted by Crippen LogP contribution is -2.54. The van der Waals surface area contributed by atoms with Crippen molar-refractivity contribution in [2.24, 2.45) is 0 Å². The van der Waals surface area contributed by atoms with E-state index in [-0.39, 0.29) is 23.8 Å². The third-order valence-corrected chi connectivity index (χ3v) is 7.68. The Labute approximate surface area is 210 Å². The Bertz CT molecular complexity index is 1000. The van der Waals surface area contributed by atoms with Crippen LogP contribution in [0.2, 0.25) is 0 Å². The van der Waals surface area contributed by atoms with Crippen molar-refractivity contribution in [3.63, 3.8) is 0 Å². The van der Waals surface area contributed by atoms with Gasteiger partial charge in [-0.1, -0.05) is 12.1 Å². The Morgan fingerprint density at radius 3 is 2.51 bits per heavy atom. The van der Waals surface area contributed by atoms with E-state index in [0.717, 1.165) is 30.9 Å². The first-order valence-electron chi connectivity index (χ1n) is 11.8. The molecule has 0 aliphatic carbocycles. The molecule has 2 unspecified atom stereocenters. The molecule has 1 saturated heterocycles. The molecule has 0 bridgehead atoms. The first kappa shape index (κ1) is 28.8. The number of benzene rings is 1. The van der Waals surface area contributed by atoms with E-state index in [2.05, 4.69) is 28.5 Å². The van der Waals surface area contributed by atoms with E-state index in [0.29, 0.717) is 24.6 Å². The van der Waals surface area contributed by atoms with Crippen LogP contribution < -0.4 is 15.1 Å². The zero-order valence-corrected chi connectivity index (χ0v) is 22.6. The predicted octanol–water partition coefficient (Wildman–Crippen LogP) is 1.82. The summed E-state index contributed by atoms with van der Waals surface area (Å²) in [6, 6.07) is 6.12. The quantitative estimate of drug-likeness (QED) is 0.440. The molecule has 196 valence electrons. The SMILES string of the molecule is C=CCS(=O)(=O)C1Cc2ccc(N(C)C)cc2N1C(=O)CN1CCNC(C)C1.CC(C)(C)OC=O. The van der Waals surface area contributed by atoms with Gasteiger partial charge in [0.1, 0.15) is 11.0 Å². The Hall–Kier alpha value is -2.43. The fourth-order valence-electron chi connectivity index (χ4n) is 4.09. The van der Waals surface area contributed by atoms with Crippen LogP contribution in [0.4, 0.5) is 11.4 Å². The minimum absolute atomic E-state index is 0.138. The van der Waals surface area contributed by atoms with Gasteiger partial charge in [0, 0.05) is 51.9 Å². The summed E-state index contributed by atoms with van der Waals surface area (Å²) >= 11 is 0. The standard InChI is InChI=1S/C20H30N4O3S.C5H10O2/c1-5-10-28(26,27)20-11-16-6-7-17(22(3)4)12-18(16)24(20)19(25)14-23-9-8-21-15(2)13-23;1-5(2,3)7-4-6/h5-7,12,15,20-21H,1,8-11,13-14H2,2-4H3;4H,1-3H3. The van der Waals surface area contributed by atoms with Crippen LogP contribution in [0, 0.1) is 0 Å². The predicted molar refractivity (Wildman–Crippen MR) is 141 cm³/mol. The van der Waals surface area contributed by atoms with Crippen LogP contribution in [-0.2, 0) is 30.6 Å². The molecule has 1 amide bonds. The van der Waals surface area contributed by atoms with E-state index in [1.54, 1.807) is 0 Å². The van der Waals surface area contributed by atoms with E-state index in [4.69, 9.17) is 0 Å². The molecule has 9 nitrogen and oxygen atoms in total. The number of sulfone groups is 1. The number of anilines is 2. The van der Waals surface area contributed by atoms with Crippen LogP contribution in [0.5, 0.6) is 0 Å². The lowest BCUT2D eigenvalue weighted by atomic mass is 10.1. The smallest absolute Gasteiger partial charge is 0.293 e. The first-order valence-corrected chi connectivity index (χ1v) is 13.5. The van der Waals surface area contributed by atoms with Crippen LogP contribution in [-0.4, -0.2) is 88.7 Å². The van der Waals surface area contributed by atoms with Gasteiger partial charge in [-0.05, 0) is 45.4 Å². The third kappa shape index (κ3) is 8.05. The zero-order valence-electron chi connectivity index (χ0n) is 21.8. The fraction of sp³-hybridized carbons (Fsp3) is 0.600. The monoisotopic (exact) mass is 508 g/mol. The van der Waals surface area contributed by atoms with E-state index in [1.807, 2.05) is 58.0 Å². The lowest BCUT2D eigenvalue weighted by Gasteiger charge is -2.33. The second-order valence-electron chi connectivity index (χ2n) is 10.2. The van der Waals surface area contributed by atoms with E-state index >= 15 is 0 Å². The molecular formula is C25H40N4O5S. The van der Waals surface area contributed by atoms with Crippen molar-refractivity contribution in [2.75, 3.05) is 55.8 Å². The molecule has 0 spiro atoms. The Morgan fingerprint density at radius 2 is 2.00 bits per heavy atom. The molecule has 0 aromatic heterocycles. The van der Waals surface area contributed by atoms with Gasteiger partial charge in [-0.2, -0.15) is 0 Å². The number of carbonyl (C=O) groups is 2. The van der Waals surface area contributed by atoms with Gasteiger partial charge in [-0.25, -0.2) is 8.42 Å². The van der Waals surface area contributed by atoms with Gasteiger partial charge in [0.25, 0.3) is 6.47 Å². The summed E-state index contributed by atoms with van der Waals surface area (Å²) in [4.78, 5) is 28.4. The average molecular weight is 509 g/mol. The number of ether oxygens (including phenoxy) is 1. The van der Waals surface area contributed by atoms with Crippen molar-refractivity contribution in [3.8, 4) is 0 Å². The second kappa shape index (κ2) is 12.0. The van der Waals surface area contributed by atoms with Crippen LogP contribution in [0.25, 0.3) is 0 Å². The van der Waals surface area contributed by atoms with Crippen molar-refractivity contribution in [3.05, 3.63) is 36.4 Å². The lowest BCUT2D eigenvalue weighted by molar-refractivity contribution is -0.138. The molecule has 2 heterocycles. The minimum Gasteiger partial charge on any atom is -0.462 e. The maximum atomic E-state index is 13.3. The van der Waals surface area contributed by atoms with Crippen LogP contribution in [0.1, 0.15) is 33.3 Å². The third-order valence-electron chi connectivity index (χ3n) is 5.77. The number of amides is 1. The number of piperazine rings is 1. The molecule has 1 aromatic rings. The van der Waals surface area contributed by atoms with Crippen molar-refractivity contribution in [1.29, 1.82) is 0 Å². The zero-order chi connectivity index (χ0) is 26.4. The fourth-order valence-corrected chi connectivity index (χ4v) is 5.62. The molecule has 2 aliphatic heterocycles. The highest BCUT2D eigenvalue weighted by Crippen LogP contribution is 2.37. The summed E-state index contributed by atoms with van der Waals surface area (Å²) in [5.74, 6) is -0.304. The molecule has 2 aliphatic rings. The Balaban J connectivity index is 0.000000540. The summed E-state index contributed by atoms with van der Waals surface area (Å²) in [6.45, 7) is 14.2. The van der Waals surface area contributed by atoms with Gasteiger partial charge in [0.05, 0.1) is 18.0 Å². The molecule has 0 saturated carbocycles. The van der Waals surface area contributed by atoms with Crippen molar-refractivity contribution < 1.29 is 22.7 Å². The minimum atomic E-state index is -3.51. The number of fused-ring (bicyclic) bond motifs is 1. The van der Waals surface area contributed by atoms with Crippen molar-refractivity contribution in [1.82, 2.24) is 10.2 Å². The van der Waals surface area contributed by atoms with Crippen LogP contribution in [0.3, 0.4) is 0 Å². The molecule has 1 N–H and O–H groups in total. The number of hydrogen-bond acceptors (Lipinski definition) is 8. The highest BCUT2D eigenvalue weighted by Gasteiger charge is 2.41. The Morgan fingerprint density at radius 1 is 1.31 bits per heavy atom. The largest absolute Gasteiger partial charge is 0.462 e. The van der Waals surface area contributed by atoms with Gasteiger partial charge < -0.3 is 15.0 Å². The number of rotatable bonds is 7. The molecule has 0 radical (unpaired) electrons. The molecule has 1 aromatic carbocycles. The van der Waals surface area contributed by atoms with Gasteiger partial charge >= 0.3 is 0 Å². The first-order chi connectivity index (χ1) is 16.3. The van der Waals surface area contributed by atoms with Gasteiger partial charge in [-0.15, -0.1) is 6.58 Å². The van der Waals surface area contributed by atoms with Crippen molar-refractivity contribution in [2.45, 2.75) is 51.1 Å². The Kier molecular flexibility index (Phi) is 9.88. The number of hydrogen-bond donors (Lipinski definition) is 1. The molecule has 3 rings (SSSR count). The summed E-state index contributed by atoms with van der Waals surface area (Å²) in [5, 5.41) is 2.49. The molecular weight excluding hydrogens is 468 g/mol. The van der Waals surface area contributed by atoms with E-state index in [9.17, 15) is 18.0 Å². The molecule has 2 atom stereocenters. The van der Waals surface area contributed by atoms with Crippen LogP contribution >= 0.6 is 0 Å². The number of nitrogens with zero attached hydrogens (tertiary/aromatic N) is 3. The summed E-state index contributed by atoms with van der Waals surface area (Å²) in [7, 11) is 0.341. The number of carbonyl (C=O) groups excluding carboxylic acids is 2. The normalized spacial score (nSPS) is 20.3. The van der Waals surface area contributed by atoms with Gasteiger partial charge in [-0.3, -0.25) is 19.4 Å². The highest BCUT2D eigenvalue weighted by molar-refractivity contribution is 7.92. The summed E-state index contributed by atoms with van der Waals surface area (Å²) < 4.78 is 30.3. The molecule has 10 heteroatoms. The average Bonchev–Trinajstić information content (AvgIpc) is 3.13. The topological polar surface area (TPSA) is 99.3 Å². The highest BCUT2D eigenvalue weighted by atomic mass is 32.2. The second-order valence-corrected chi connectivity index (χ2v) is 12.4. The van der Waals surface area contributed by atoms with E-state index < -0.39 is 15.2 Å². The van der Waals surface area contributed by atoms with Crippen molar-refractivity contribution >= 4 is 33.6 Å². The van der Waals surface area contributed by atoms with Gasteiger partial charge in [0.2, 0.25) is 5.91 Å². The number of nitrogens with one attached hydrogen (secondary N) is 1. The maximum Gasteiger partial charge on any atom is 0.293 e. The van der Waals surface area contributed by atoms with Gasteiger partial charge in [0.15, 0.2) is 9.84 Å². The van der Waals surface area contributed by atoms with E-state index in [1.165, 1.54) is 11.0 Å². The summed E-state index contributed by atoms with van der Waals surface area (Å²) in [6.07, 6.45) is 1.72.